The molecule has 0 saturated carbocycles. The molecule has 0 bridgehead atoms. The molecule has 9 heteroatoms. The van der Waals surface area contributed by atoms with Gasteiger partial charge >= 0.3 is 6.03 Å². The van der Waals surface area contributed by atoms with E-state index < -0.39 is 23.3 Å². The van der Waals surface area contributed by atoms with E-state index in [9.17, 15) is 14.0 Å². The Morgan fingerprint density at radius 2 is 2.15 bits per heavy atom. The minimum Gasteiger partial charge on any atom is -0.355 e. The van der Waals surface area contributed by atoms with E-state index in [1.54, 1.807) is 6.07 Å². The molecule has 3 aromatic rings. The molecule has 1 atom stereocenters. The van der Waals surface area contributed by atoms with Crippen LogP contribution in [-0.2, 0) is 16.9 Å². The molecule has 1 fully saturated rings. The van der Waals surface area contributed by atoms with Crippen LogP contribution in [0.15, 0.2) is 46.3 Å². The van der Waals surface area contributed by atoms with Gasteiger partial charge in [0.05, 0.1) is 11.4 Å². The van der Waals surface area contributed by atoms with Crippen molar-refractivity contribution in [1.29, 1.82) is 0 Å². The van der Waals surface area contributed by atoms with Crippen molar-refractivity contribution in [2.45, 2.75) is 19.0 Å². The summed E-state index contributed by atoms with van der Waals surface area (Å²) in [6, 6.07) is 8.57. The highest BCUT2D eigenvalue weighted by Gasteiger charge is 2.50. The van der Waals surface area contributed by atoms with Crippen LogP contribution in [0.5, 0.6) is 0 Å². The van der Waals surface area contributed by atoms with Gasteiger partial charge in [0.2, 0.25) is 0 Å². The number of halogens is 2. The predicted octanol–water partition coefficient (Wildman–Crippen LogP) is 4.16. The van der Waals surface area contributed by atoms with Crippen molar-refractivity contribution in [3.63, 3.8) is 0 Å². The van der Waals surface area contributed by atoms with Gasteiger partial charge < -0.3 is 9.84 Å². The van der Waals surface area contributed by atoms with Crippen LogP contribution in [0.25, 0.3) is 10.6 Å². The second-order valence-corrected chi connectivity index (χ2v) is 7.59. The molecule has 1 unspecified atom stereocenters. The lowest BCUT2D eigenvalue weighted by Gasteiger charge is -2.23. The molecule has 1 saturated heterocycles. The Morgan fingerprint density at radius 3 is 2.85 bits per heavy atom. The van der Waals surface area contributed by atoms with Crippen LogP contribution in [-0.4, -0.2) is 22.0 Å². The van der Waals surface area contributed by atoms with Crippen molar-refractivity contribution >= 4 is 34.9 Å². The normalized spacial score (nSPS) is 19.6. The smallest absolute Gasteiger partial charge is 0.325 e. The van der Waals surface area contributed by atoms with Gasteiger partial charge in [0, 0.05) is 16.7 Å². The average molecular weight is 406 g/mol. The van der Waals surface area contributed by atoms with Gasteiger partial charge in [-0.1, -0.05) is 28.9 Å². The van der Waals surface area contributed by atoms with E-state index in [-0.39, 0.29) is 11.6 Å². The molecule has 27 heavy (non-hydrogen) atoms. The number of imide groups is 1. The summed E-state index contributed by atoms with van der Waals surface area (Å²) >= 11 is 7.59. The summed E-state index contributed by atoms with van der Waals surface area (Å²) in [7, 11) is 0. The van der Waals surface area contributed by atoms with Crippen molar-refractivity contribution in [3.05, 3.63) is 63.9 Å². The number of nitrogens with zero attached hydrogens (tertiary/aromatic N) is 2. The number of nitrogens with one attached hydrogen (secondary N) is 1. The van der Waals surface area contributed by atoms with Gasteiger partial charge in [-0.2, -0.15) is 0 Å². The van der Waals surface area contributed by atoms with Crippen LogP contribution in [0.4, 0.5) is 9.18 Å². The quantitative estimate of drug-likeness (QED) is 0.661. The summed E-state index contributed by atoms with van der Waals surface area (Å²) in [4.78, 5) is 27.3. The Balaban J connectivity index is 1.60. The van der Waals surface area contributed by atoms with Crippen LogP contribution < -0.4 is 5.32 Å². The van der Waals surface area contributed by atoms with Crippen molar-refractivity contribution in [1.82, 2.24) is 15.4 Å². The number of rotatable bonds is 4. The fourth-order valence-electron chi connectivity index (χ4n) is 3.00. The predicted molar refractivity (Wildman–Crippen MR) is 97.7 cm³/mol. The van der Waals surface area contributed by atoms with E-state index in [1.165, 1.54) is 30.4 Å². The van der Waals surface area contributed by atoms with Gasteiger partial charge in [-0.25, -0.2) is 9.18 Å². The second-order valence-electron chi connectivity index (χ2n) is 6.23. The number of carbonyl (C=O) groups is 2. The minimum absolute atomic E-state index is 0.0477. The molecule has 1 aliphatic heterocycles. The van der Waals surface area contributed by atoms with Gasteiger partial charge in [0.1, 0.15) is 17.1 Å². The highest BCUT2D eigenvalue weighted by Crippen LogP contribution is 2.35. The van der Waals surface area contributed by atoms with Crippen molar-refractivity contribution in [2.24, 2.45) is 0 Å². The topological polar surface area (TPSA) is 75.4 Å². The van der Waals surface area contributed by atoms with Gasteiger partial charge in [-0.05, 0) is 30.5 Å². The molecular formula is C18H13ClFN3O3S. The molecule has 0 aliphatic carbocycles. The number of thiophene rings is 1. The van der Waals surface area contributed by atoms with Gasteiger partial charge in [0.25, 0.3) is 5.91 Å². The summed E-state index contributed by atoms with van der Waals surface area (Å²) in [6.45, 7) is 1.49. The second kappa shape index (κ2) is 6.47. The minimum atomic E-state index is -1.39. The average Bonchev–Trinajstić information content (AvgIpc) is 3.33. The van der Waals surface area contributed by atoms with E-state index in [4.69, 9.17) is 16.1 Å². The zero-order valence-electron chi connectivity index (χ0n) is 14.0. The molecule has 4 rings (SSSR count). The van der Waals surface area contributed by atoms with E-state index >= 15 is 0 Å². The Kier molecular flexibility index (Phi) is 4.24. The lowest BCUT2D eigenvalue weighted by Crippen LogP contribution is -2.41. The summed E-state index contributed by atoms with van der Waals surface area (Å²) in [5.74, 6) is -0.456. The number of amides is 3. The molecule has 3 heterocycles. The highest BCUT2D eigenvalue weighted by molar-refractivity contribution is 7.13. The fraction of sp³-hybridized carbons (Fsp3) is 0.167. The van der Waals surface area contributed by atoms with Crippen LogP contribution >= 0.6 is 22.9 Å². The Hall–Kier alpha value is -2.71. The van der Waals surface area contributed by atoms with Crippen LogP contribution in [0.2, 0.25) is 5.02 Å². The Labute approximate surface area is 162 Å². The van der Waals surface area contributed by atoms with Crippen LogP contribution in [0, 0.1) is 5.82 Å². The largest absolute Gasteiger partial charge is 0.355 e. The lowest BCUT2D eigenvalue weighted by atomic mass is 9.92. The molecular weight excluding hydrogens is 393 g/mol. The van der Waals surface area contributed by atoms with Crippen molar-refractivity contribution in [3.8, 4) is 10.6 Å². The summed E-state index contributed by atoms with van der Waals surface area (Å²) in [6.07, 6.45) is 0. The maximum atomic E-state index is 13.3. The SMILES string of the molecule is CC1(c2ccc(F)cc2Cl)NC(=O)N(Cc2cc(-c3cccs3)on2)C1=O. The summed E-state index contributed by atoms with van der Waals surface area (Å²) < 4.78 is 18.6. The van der Waals surface area contributed by atoms with Crippen molar-refractivity contribution in [2.75, 3.05) is 0 Å². The first-order valence-corrected chi connectivity index (χ1v) is 9.23. The first-order valence-electron chi connectivity index (χ1n) is 7.97. The standard InChI is InChI=1S/C18H13ClFN3O3S/c1-18(12-5-4-10(20)7-13(12)19)16(24)23(17(25)21-18)9-11-8-14(26-22-11)15-3-2-6-27-15/h2-8H,9H2,1H3,(H,21,25). The molecule has 1 aromatic carbocycles. The number of benzene rings is 1. The number of carbonyl (C=O) groups excluding carboxylic acids is 2. The monoisotopic (exact) mass is 405 g/mol. The maximum absolute atomic E-state index is 13.3. The van der Waals surface area contributed by atoms with Gasteiger partial charge in [-0.3, -0.25) is 9.69 Å². The Bertz CT molecular complexity index is 1040. The molecule has 0 spiro atoms. The fourth-order valence-corrected chi connectivity index (χ4v) is 4.03. The lowest BCUT2D eigenvalue weighted by molar-refractivity contribution is -0.131. The van der Waals surface area contributed by atoms with Gasteiger partial charge in [0.15, 0.2) is 5.76 Å². The van der Waals surface area contributed by atoms with E-state index in [0.717, 1.165) is 15.8 Å². The van der Waals surface area contributed by atoms with Crippen LogP contribution in [0.3, 0.4) is 0 Å². The third-order valence-electron chi connectivity index (χ3n) is 4.39. The zero-order chi connectivity index (χ0) is 19.2. The van der Waals surface area contributed by atoms with E-state index in [0.29, 0.717) is 17.0 Å². The first kappa shape index (κ1) is 17.7. The molecule has 2 aromatic heterocycles. The number of urea groups is 1. The third-order valence-corrected chi connectivity index (χ3v) is 5.58. The van der Waals surface area contributed by atoms with E-state index in [2.05, 4.69) is 10.5 Å². The van der Waals surface area contributed by atoms with Gasteiger partial charge in [-0.15, -0.1) is 11.3 Å². The zero-order valence-corrected chi connectivity index (χ0v) is 15.6. The number of aromatic nitrogens is 1. The van der Waals surface area contributed by atoms with E-state index in [1.807, 2.05) is 17.5 Å². The highest BCUT2D eigenvalue weighted by atomic mass is 35.5. The first-order chi connectivity index (χ1) is 12.9. The summed E-state index contributed by atoms with van der Waals surface area (Å²) in [5, 5.41) is 8.55. The number of hydrogen-bond donors (Lipinski definition) is 1. The molecule has 0 radical (unpaired) electrons. The molecule has 6 nitrogen and oxygen atoms in total. The third kappa shape index (κ3) is 3.00. The molecule has 3 amide bonds. The Morgan fingerprint density at radius 1 is 1.33 bits per heavy atom. The molecule has 138 valence electrons. The number of hydrogen-bond acceptors (Lipinski definition) is 5. The van der Waals surface area contributed by atoms with Crippen molar-refractivity contribution < 1.29 is 18.5 Å². The maximum Gasteiger partial charge on any atom is 0.325 e. The summed E-state index contributed by atoms with van der Waals surface area (Å²) in [5.41, 5.74) is -0.621. The van der Waals surface area contributed by atoms with Crippen LogP contribution in [0.1, 0.15) is 18.2 Å². The molecule has 1 N–H and O–H groups in total. The molecule has 1 aliphatic rings.